The number of nitrogens with zero attached hydrogens (tertiary/aromatic N) is 2. The van der Waals surface area contributed by atoms with Crippen molar-refractivity contribution in [2.24, 2.45) is 0 Å². The summed E-state index contributed by atoms with van der Waals surface area (Å²) in [6.07, 6.45) is -0.649. The zero-order chi connectivity index (χ0) is 17.6. The Hall–Kier alpha value is -3.15. The molecule has 25 heavy (non-hydrogen) atoms. The minimum Gasteiger partial charge on any atom is -0.494 e. The van der Waals surface area contributed by atoms with E-state index in [-0.39, 0.29) is 5.89 Å². The second-order valence-electron chi connectivity index (χ2n) is 5.32. The van der Waals surface area contributed by atoms with Gasteiger partial charge in [0.1, 0.15) is 5.75 Å². The summed E-state index contributed by atoms with van der Waals surface area (Å²) in [6, 6.07) is 16.2. The fourth-order valence-electron chi connectivity index (χ4n) is 2.23. The standard InChI is InChI=1S/C19H18N2O4/c1-3-23-16-11-9-15(10-12-16)19(22)24-13(2)17-20-21-18(25-17)14-7-5-4-6-8-14/h4-13H,3H2,1-2H3. The molecule has 3 aromatic rings. The van der Waals surface area contributed by atoms with Crippen LogP contribution in [0, 0.1) is 0 Å². The average molecular weight is 338 g/mol. The summed E-state index contributed by atoms with van der Waals surface area (Å²) in [5.41, 5.74) is 1.24. The van der Waals surface area contributed by atoms with E-state index >= 15 is 0 Å². The van der Waals surface area contributed by atoms with Crippen molar-refractivity contribution in [3.05, 3.63) is 66.1 Å². The van der Waals surface area contributed by atoms with Crippen molar-refractivity contribution >= 4 is 5.97 Å². The molecule has 6 nitrogen and oxygen atoms in total. The van der Waals surface area contributed by atoms with Crippen LogP contribution >= 0.6 is 0 Å². The molecular formula is C19H18N2O4. The zero-order valence-electron chi connectivity index (χ0n) is 14.0. The zero-order valence-corrected chi connectivity index (χ0v) is 14.0. The van der Waals surface area contributed by atoms with Crippen LogP contribution in [0.15, 0.2) is 59.0 Å². The van der Waals surface area contributed by atoms with Crippen LogP contribution in [0.3, 0.4) is 0 Å². The van der Waals surface area contributed by atoms with E-state index in [0.717, 1.165) is 5.56 Å². The average Bonchev–Trinajstić information content (AvgIpc) is 3.13. The molecule has 2 aromatic carbocycles. The molecule has 0 aliphatic rings. The van der Waals surface area contributed by atoms with E-state index in [0.29, 0.717) is 23.8 Å². The number of benzene rings is 2. The van der Waals surface area contributed by atoms with Gasteiger partial charge in [-0.15, -0.1) is 10.2 Å². The van der Waals surface area contributed by atoms with Gasteiger partial charge in [-0.2, -0.15) is 0 Å². The number of ether oxygens (including phenoxy) is 2. The molecule has 0 spiro atoms. The van der Waals surface area contributed by atoms with Crippen molar-refractivity contribution in [1.82, 2.24) is 10.2 Å². The van der Waals surface area contributed by atoms with E-state index in [9.17, 15) is 4.79 Å². The summed E-state index contributed by atoms with van der Waals surface area (Å²) < 4.78 is 16.3. The summed E-state index contributed by atoms with van der Waals surface area (Å²) in [5, 5.41) is 7.96. The summed E-state index contributed by atoms with van der Waals surface area (Å²) in [5.74, 6) is 0.879. The summed E-state index contributed by atoms with van der Waals surface area (Å²) in [4.78, 5) is 12.2. The first-order valence-electron chi connectivity index (χ1n) is 8.00. The molecule has 0 N–H and O–H groups in total. The highest BCUT2D eigenvalue weighted by atomic mass is 16.6. The highest BCUT2D eigenvalue weighted by molar-refractivity contribution is 5.89. The summed E-state index contributed by atoms with van der Waals surface area (Å²) >= 11 is 0. The van der Waals surface area contributed by atoms with Gasteiger partial charge in [0.05, 0.1) is 12.2 Å². The minimum atomic E-state index is -0.649. The third-order valence-electron chi connectivity index (χ3n) is 3.49. The van der Waals surface area contributed by atoms with Crippen LogP contribution < -0.4 is 4.74 Å². The van der Waals surface area contributed by atoms with Crippen LogP contribution in [-0.4, -0.2) is 22.8 Å². The number of carbonyl (C=O) groups is 1. The van der Waals surface area contributed by atoms with Gasteiger partial charge in [-0.25, -0.2) is 4.79 Å². The van der Waals surface area contributed by atoms with Crippen LogP contribution in [0.4, 0.5) is 0 Å². The predicted octanol–water partition coefficient (Wildman–Crippen LogP) is 4.05. The van der Waals surface area contributed by atoms with Gasteiger partial charge in [0, 0.05) is 5.56 Å². The van der Waals surface area contributed by atoms with E-state index in [1.54, 1.807) is 31.2 Å². The Labute approximate surface area is 145 Å². The van der Waals surface area contributed by atoms with E-state index in [1.807, 2.05) is 37.3 Å². The van der Waals surface area contributed by atoms with E-state index in [4.69, 9.17) is 13.9 Å². The topological polar surface area (TPSA) is 74.5 Å². The van der Waals surface area contributed by atoms with Crippen LogP contribution in [0.5, 0.6) is 5.75 Å². The number of hydrogen-bond acceptors (Lipinski definition) is 6. The van der Waals surface area contributed by atoms with E-state index in [2.05, 4.69) is 10.2 Å². The van der Waals surface area contributed by atoms with Gasteiger partial charge in [0.15, 0.2) is 6.10 Å². The smallest absolute Gasteiger partial charge is 0.338 e. The first-order valence-corrected chi connectivity index (χ1v) is 8.00. The van der Waals surface area contributed by atoms with Gasteiger partial charge < -0.3 is 13.9 Å². The Morgan fingerprint density at radius 2 is 1.80 bits per heavy atom. The van der Waals surface area contributed by atoms with Gasteiger partial charge in [-0.3, -0.25) is 0 Å². The Balaban J connectivity index is 1.66. The molecule has 0 aliphatic heterocycles. The van der Waals surface area contributed by atoms with Crippen LogP contribution in [0.1, 0.15) is 36.2 Å². The number of esters is 1. The molecule has 0 amide bonds. The van der Waals surface area contributed by atoms with Gasteiger partial charge in [-0.05, 0) is 50.2 Å². The molecule has 1 atom stereocenters. The van der Waals surface area contributed by atoms with Crippen molar-refractivity contribution in [2.45, 2.75) is 20.0 Å². The molecule has 1 heterocycles. The summed E-state index contributed by atoms with van der Waals surface area (Å²) in [7, 11) is 0. The molecule has 6 heteroatoms. The third kappa shape index (κ3) is 4.03. The number of carbonyl (C=O) groups excluding carboxylic acids is 1. The molecule has 0 aliphatic carbocycles. The van der Waals surface area contributed by atoms with Crippen molar-refractivity contribution in [1.29, 1.82) is 0 Å². The Kier molecular flexibility index (Phi) is 5.09. The fraction of sp³-hybridized carbons (Fsp3) is 0.211. The molecule has 0 fully saturated rings. The monoisotopic (exact) mass is 338 g/mol. The lowest BCUT2D eigenvalue weighted by atomic mass is 10.2. The van der Waals surface area contributed by atoms with Crippen LogP contribution in [-0.2, 0) is 4.74 Å². The lowest BCUT2D eigenvalue weighted by Gasteiger charge is -2.10. The maximum absolute atomic E-state index is 12.2. The molecule has 1 aromatic heterocycles. The third-order valence-corrected chi connectivity index (χ3v) is 3.49. The van der Waals surface area contributed by atoms with Crippen molar-refractivity contribution in [3.63, 3.8) is 0 Å². The fourth-order valence-corrected chi connectivity index (χ4v) is 2.23. The molecule has 3 rings (SSSR count). The molecule has 0 saturated heterocycles. The summed E-state index contributed by atoms with van der Waals surface area (Å²) in [6.45, 7) is 4.16. The minimum absolute atomic E-state index is 0.248. The number of rotatable bonds is 6. The Morgan fingerprint density at radius 1 is 1.08 bits per heavy atom. The normalized spacial score (nSPS) is 11.8. The predicted molar refractivity (Wildman–Crippen MR) is 91.2 cm³/mol. The molecular weight excluding hydrogens is 320 g/mol. The van der Waals surface area contributed by atoms with Gasteiger partial charge in [0.2, 0.25) is 5.89 Å². The highest BCUT2D eigenvalue weighted by Gasteiger charge is 2.20. The number of hydrogen-bond donors (Lipinski definition) is 0. The molecule has 0 bridgehead atoms. The van der Waals surface area contributed by atoms with Crippen LogP contribution in [0.25, 0.3) is 11.5 Å². The lowest BCUT2D eigenvalue weighted by Crippen LogP contribution is -2.09. The van der Waals surface area contributed by atoms with Crippen molar-refractivity contribution in [2.75, 3.05) is 6.61 Å². The highest BCUT2D eigenvalue weighted by Crippen LogP contribution is 2.23. The van der Waals surface area contributed by atoms with Crippen LogP contribution in [0.2, 0.25) is 0 Å². The molecule has 1 unspecified atom stereocenters. The van der Waals surface area contributed by atoms with Crippen molar-refractivity contribution in [3.8, 4) is 17.2 Å². The first-order chi connectivity index (χ1) is 12.2. The SMILES string of the molecule is CCOc1ccc(C(=O)OC(C)c2nnc(-c3ccccc3)o2)cc1. The lowest BCUT2D eigenvalue weighted by molar-refractivity contribution is 0.0280. The molecule has 0 radical (unpaired) electrons. The Morgan fingerprint density at radius 3 is 2.48 bits per heavy atom. The molecule has 0 saturated carbocycles. The van der Waals surface area contributed by atoms with E-state index in [1.165, 1.54) is 0 Å². The quantitative estimate of drug-likeness (QED) is 0.631. The molecule has 128 valence electrons. The second kappa shape index (κ2) is 7.61. The Bertz CT molecular complexity index is 828. The first kappa shape index (κ1) is 16.7. The van der Waals surface area contributed by atoms with Gasteiger partial charge in [-0.1, -0.05) is 18.2 Å². The second-order valence-corrected chi connectivity index (χ2v) is 5.32. The van der Waals surface area contributed by atoms with Gasteiger partial charge >= 0.3 is 5.97 Å². The van der Waals surface area contributed by atoms with E-state index < -0.39 is 12.1 Å². The largest absolute Gasteiger partial charge is 0.494 e. The van der Waals surface area contributed by atoms with Crippen molar-refractivity contribution < 1.29 is 18.7 Å². The maximum Gasteiger partial charge on any atom is 0.338 e. The van der Waals surface area contributed by atoms with Gasteiger partial charge in [0.25, 0.3) is 5.89 Å². The maximum atomic E-state index is 12.2. The number of aromatic nitrogens is 2.